The van der Waals surface area contributed by atoms with Crippen LogP contribution in [0.2, 0.25) is 0 Å². The van der Waals surface area contributed by atoms with Crippen molar-refractivity contribution in [2.24, 2.45) is 0 Å². The van der Waals surface area contributed by atoms with E-state index in [4.69, 9.17) is 0 Å². The molecule has 3 rings (SSSR count). The van der Waals surface area contributed by atoms with Gasteiger partial charge in [0, 0.05) is 22.9 Å². The number of benzene rings is 3. The first-order valence-corrected chi connectivity index (χ1v) is 9.43. The Morgan fingerprint density at radius 2 is 1.48 bits per heavy atom. The van der Waals surface area contributed by atoms with E-state index in [-0.39, 0.29) is 11.7 Å². The third-order valence-electron chi connectivity index (χ3n) is 4.39. The molecule has 0 saturated heterocycles. The maximum atomic E-state index is 12.9. The summed E-state index contributed by atoms with van der Waals surface area (Å²) in [7, 11) is 0. The minimum atomic E-state index is -0.542. The van der Waals surface area contributed by atoms with Gasteiger partial charge in [0.2, 0.25) is 0 Å². The highest BCUT2D eigenvalue weighted by atomic mass is 19.1. The normalized spacial score (nSPS) is 10.5. The first kappa shape index (κ1) is 21.4. The smallest absolute Gasteiger partial charge is 0.269 e. The average molecular weight is 417 g/mol. The van der Waals surface area contributed by atoms with E-state index in [2.05, 4.69) is 16.2 Å². The van der Waals surface area contributed by atoms with Crippen LogP contribution in [-0.2, 0) is 4.79 Å². The number of halogens is 1. The molecule has 31 heavy (non-hydrogen) atoms. The van der Waals surface area contributed by atoms with Crippen LogP contribution in [0.5, 0.6) is 0 Å². The second-order valence-electron chi connectivity index (χ2n) is 6.67. The van der Waals surface area contributed by atoms with Gasteiger partial charge in [0.1, 0.15) is 5.82 Å². The lowest BCUT2D eigenvalue weighted by Crippen LogP contribution is -2.40. The Morgan fingerprint density at radius 1 is 0.806 bits per heavy atom. The fraction of sp³-hybridized carbons (Fsp3) is 0.0417. The number of hydrogen-bond donors (Lipinski definition) is 3. The van der Waals surface area contributed by atoms with Crippen LogP contribution in [0.3, 0.4) is 0 Å². The van der Waals surface area contributed by atoms with E-state index < -0.39 is 11.8 Å². The standard InChI is InChI=1S/C24H20FN3O3/c1-16-4-2-3-5-21(16)24(31)26-20-13-9-18(10-14-20)23(30)28-27-22(29)15-8-17-6-11-19(25)12-7-17/h2-15H,1H3,(H,26,31)(H,27,29)(H,28,30). The summed E-state index contributed by atoms with van der Waals surface area (Å²) in [6.07, 6.45) is 2.71. The Morgan fingerprint density at radius 3 is 2.16 bits per heavy atom. The van der Waals surface area contributed by atoms with Gasteiger partial charge in [-0.25, -0.2) is 4.39 Å². The maximum absolute atomic E-state index is 12.9. The van der Waals surface area contributed by atoms with Crippen molar-refractivity contribution in [3.63, 3.8) is 0 Å². The second kappa shape index (κ2) is 9.98. The molecule has 0 aliphatic carbocycles. The third-order valence-corrected chi connectivity index (χ3v) is 4.39. The van der Waals surface area contributed by atoms with E-state index in [1.54, 1.807) is 24.3 Å². The van der Waals surface area contributed by atoms with E-state index in [0.717, 1.165) is 5.56 Å². The van der Waals surface area contributed by atoms with Gasteiger partial charge in [-0.3, -0.25) is 25.2 Å². The Kier molecular flexibility index (Phi) is 6.90. The number of rotatable bonds is 5. The molecule has 0 radical (unpaired) electrons. The summed E-state index contributed by atoms with van der Waals surface area (Å²) in [6, 6.07) is 19.1. The topological polar surface area (TPSA) is 87.3 Å². The van der Waals surface area contributed by atoms with Crippen LogP contribution in [0.1, 0.15) is 31.8 Å². The van der Waals surface area contributed by atoms with Gasteiger partial charge >= 0.3 is 0 Å². The van der Waals surface area contributed by atoms with Gasteiger partial charge in [-0.15, -0.1) is 0 Å². The summed E-state index contributed by atoms with van der Waals surface area (Å²) in [5, 5.41) is 2.78. The molecule has 3 amide bonds. The first-order valence-electron chi connectivity index (χ1n) is 9.43. The number of amides is 3. The highest BCUT2D eigenvalue weighted by Gasteiger charge is 2.10. The van der Waals surface area contributed by atoms with Gasteiger partial charge in [0.15, 0.2) is 0 Å². The van der Waals surface area contributed by atoms with Crippen molar-refractivity contribution in [1.29, 1.82) is 0 Å². The van der Waals surface area contributed by atoms with Gasteiger partial charge in [-0.1, -0.05) is 30.3 Å². The SMILES string of the molecule is Cc1ccccc1C(=O)Nc1ccc(C(=O)NNC(=O)C=Cc2ccc(F)cc2)cc1. The van der Waals surface area contributed by atoms with Gasteiger partial charge < -0.3 is 5.32 Å². The number of nitrogens with one attached hydrogen (secondary N) is 3. The zero-order valence-corrected chi connectivity index (χ0v) is 16.7. The summed E-state index contributed by atoms with van der Waals surface area (Å²) in [5.41, 5.74) is 7.49. The number of aryl methyl sites for hydroxylation is 1. The lowest BCUT2D eigenvalue weighted by atomic mass is 10.1. The lowest BCUT2D eigenvalue weighted by Gasteiger charge is -2.09. The van der Waals surface area contributed by atoms with E-state index >= 15 is 0 Å². The fourth-order valence-corrected chi connectivity index (χ4v) is 2.71. The molecule has 0 aliphatic rings. The zero-order valence-electron chi connectivity index (χ0n) is 16.7. The molecule has 0 fully saturated rings. The largest absolute Gasteiger partial charge is 0.322 e. The average Bonchev–Trinajstić information content (AvgIpc) is 2.78. The molecule has 3 aromatic carbocycles. The first-order chi connectivity index (χ1) is 14.9. The number of hydrazine groups is 1. The van der Waals surface area contributed by atoms with Gasteiger partial charge in [-0.05, 0) is 66.6 Å². The monoisotopic (exact) mass is 417 g/mol. The molecular formula is C24H20FN3O3. The molecule has 0 atom stereocenters. The number of carbonyl (C=O) groups excluding carboxylic acids is 3. The minimum absolute atomic E-state index is 0.240. The van der Waals surface area contributed by atoms with Crippen molar-refractivity contribution < 1.29 is 18.8 Å². The Balaban J connectivity index is 1.51. The quantitative estimate of drug-likeness (QED) is 0.435. The number of hydrogen-bond acceptors (Lipinski definition) is 3. The van der Waals surface area contributed by atoms with Gasteiger partial charge in [0.25, 0.3) is 17.7 Å². The molecule has 7 heteroatoms. The van der Waals surface area contributed by atoms with Crippen LogP contribution >= 0.6 is 0 Å². The van der Waals surface area contributed by atoms with Crippen molar-refractivity contribution in [2.75, 3.05) is 5.32 Å². The molecule has 156 valence electrons. The molecule has 0 bridgehead atoms. The van der Waals surface area contributed by atoms with E-state index in [1.807, 2.05) is 19.1 Å². The van der Waals surface area contributed by atoms with Crippen LogP contribution in [0, 0.1) is 12.7 Å². The maximum Gasteiger partial charge on any atom is 0.269 e. The van der Waals surface area contributed by atoms with Crippen molar-refractivity contribution in [1.82, 2.24) is 10.9 Å². The molecule has 0 spiro atoms. The summed E-state index contributed by atoms with van der Waals surface area (Å²) < 4.78 is 12.9. The third kappa shape index (κ3) is 6.11. The molecule has 0 heterocycles. The number of carbonyl (C=O) groups is 3. The fourth-order valence-electron chi connectivity index (χ4n) is 2.71. The van der Waals surface area contributed by atoms with E-state index in [0.29, 0.717) is 22.4 Å². The molecule has 0 aromatic heterocycles. The molecular weight excluding hydrogens is 397 g/mol. The summed E-state index contributed by atoms with van der Waals surface area (Å²) >= 11 is 0. The Labute approximate surface area is 178 Å². The van der Waals surface area contributed by atoms with Crippen LogP contribution in [-0.4, -0.2) is 17.7 Å². The molecule has 3 N–H and O–H groups in total. The van der Waals surface area contributed by atoms with Crippen molar-refractivity contribution in [3.05, 3.63) is 107 Å². The summed E-state index contributed by atoms with van der Waals surface area (Å²) in [5.74, 6) is -1.66. The minimum Gasteiger partial charge on any atom is -0.322 e. The molecule has 0 aliphatic heterocycles. The van der Waals surface area contributed by atoms with Crippen LogP contribution < -0.4 is 16.2 Å². The summed E-state index contributed by atoms with van der Waals surface area (Å²) in [6.45, 7) is 1.85. The molecule has 6 nitrogen and oxygen atoms in total. The van der Waals surface area contributed by atoms with Crippen molar-refractivity contribution >= 4 is 29.5 Å². The highest BCUT2D eigenvalue weighted by Crippen LogP contribution is 2.13. The Bertz CT molecular complexity index is 1120. The number of anilines is 1. The highest BCUT2D eigenvalue weighted by molar-refractivity contribution is 6.05. The van der Waals surface area contributed by atoms with Gasteiger partial charge in [-0.2, -0.15) is 0 Å². The Hall–Kier alpha value is -4.26. The summed E-state index contributed by atoms with van der Waals surface area (Å²) in [4.78, 5) is 36.4. The predicted molar refractivity (Wildman–Crippen MR) is 117 cm³/mol. The molecule has 3 aromatic rings. The van der Waals surface area contributed by atoms with Crippen molar-refractivity contribution in [3.8, 4) is 0 Å². The van der Waals surface area contributed by atoms with Crippen LogP contribution in [0.25, 0.3) is 6.08 Å². The predicted octanol–water partition coefficient (Wildman–Crippen LogP) is 3.86. The zero-order chi connectivity index (χ0) is 22.2. The van der Waals surface area contributed by atoms with Crippen LogP contribution in [0.15, 0.2) is 78.9 Å². The van der Waals surface area contributed by atoms with Gasteiger partial charge in [0.05, 0.1) is 0 Å². The van der Waals surface area contributed by atoms with Crippen LogP contribution in [0.4, 0.5) is 10.1 Å². The van der Waals surface area contributed by atoms with E-state index in [1.165, 1.54) is 48.6 Å². The molecule has 0 saturated carbocycles. The second-order valence-corrected chi connectivity index (χ2v) is 6.67. The molecule has 0 unspecified atom stereocenters. The lowest BCUT2D eigenvalue weighted by molar-refractivity contribution is -0.117. The van der Waals surface area contributed by atoms with Crippen molar-refractivity contribution in [2.45, 2.75) is 6.92 Å². The van der Waals surface area contributed by atoms with E-state index in [9.17, 15) is 18.8 Å².